The van der Waals surface area contributed by atoms with Gasteiger partial charge in [0.1, 0.15) is 0 Å². The molecule has 6 heteroatoms. The van der Waals surface area contributed by atoms with Crippen molar-refractivity contribution < 1.29 is 24.2 Å². The number of carboxylic acid groups (broad SMARTS) is 1. The first-order valence-electron chi connectivity index (χ1n) is 9.00. The Hall–Kier alpha value is -3.28. The van der Waals surface area contributed by atoms with Crippen molar-refractivity contribution in [3.63, 3.8) is 0 Å². The van der Waals surface area contributed by atoms with Crippen molar-refractivity contribution in [2.75, 3.05) is 20.3 Å². The van der Waals surface area contributed by atoms with E-state index in [9.17, 15) is 14.7 Å². The number of rotatable bonds is 10. The molecule has 0 fully saturated rings. The van der Waals surface area contributed by atoms with Crippen LogP contribution in [0.4, 0.5) is 0 Å². The van der Waals surface area contributed by atoms with Crippen LogP contribution in [-0.2, 0) is 16.0 Å². The molecule has 0 aliphatic carbocycles. The number of hydrogen-bond donors (Lipinski definition) is 2. The normalized spacial score (nSPS) is 11.8. The van der Waals surface area contributed by atoms with Crippen molar-refractivity contribution in [1.82, 2.24) is 5.32 Å². The summed E-state index contributed by atoms with van der Waals surface area (Å²) in [5.41, 5.74) is 1.87. The van der Waals surface area contributed by atoms with Crippen molar-refractivity contribution in [2.45, 2.75) is 13.3 Å². The Morgan fingerprint density at radius 1 is 1.14 bits per heavy atom. The van der Waals surface area contributed by atoms with E-state index < -0.39 is 11.9 Å². The van der Waals surface area contributed by atoms with E-state index in [2.05, 4.69) is 5.32 Å². The predicted molar refractivity (Wildman–Crippen MR) is 107 cm³/mol. The fourth-order valence-electron chi connectivity index (χ4n) is 2.68. The topological polar surface area (TPSA) is 84.9 Å². The van der Waals surface area contributed by atoms with Crippen LogP contribution in [0.3, 0.4) is 0 Å². The Labute approximate surface area is 164 Å². The van der Waals surface area contributed by atoms with Crippen LogP contribution in [0.15, 0.2) is 54.6 Å². The summed E-state index contributed by atoms with van der Waals surface area (Å²) in [5.74, 6) is -1.08. The third-order valence-electron chi connectivity index (χ3n) is 4.13. The summed E-state index contributed by atoms with van der Waals surface area (Å²) in [4.78, 5) is 23.5. The van der Waals surface area contributed by atoms with Gasteiger partial charge in [-0.05, 0) is 36.6 Å². The summed E-state index contributed by atoms with van der Waals surface area (Å²) in [6.45, 7) is 1.73. The number of allylic oxidation sites excluding steroid dienone is 1. The minimum Gasteiger partial charge on any atom is -0.493 e. The first-order valence-corrected chi connectivity index (χ1v) is 9.00. The van der Waals surface area contributed by atoms with Crippen LogP contribution in [0.5, 0.6) is 11.5 Å². The van der Waals surface area contributed by atoms with Crippen LogP contribution < -0.4 is 14.8 Å². The highest BCUT2D eigenvalue weighted by atomic mass is 16.5. The molecule has 0 aliphatic heterocycles. The van der Waals surface area contributed by atoms with Gasteiger partial charge in [0.05, 0.1) is 13.0 Å². The highest BCUT2D eigenvalue weighted by Crippen LogP contribution is 2.28. The lowest BCUT2D eigenvalue weighted by Crippen LogP contribution is -2.36. The van der Waals surface area contributed by atoms with E-state index in [0.717, 1.165) is 11.1 Å². The van der Waals surface area contributed by atoms with E-state index >= 15 is 0 Å². The largest absolute Gasteiger partial charge is 0.493 e. The second-order valence-electron chi connectivity index (χ2n) is 6.23. The molecule has 6 nitrogen and oxygen atoms in total. The van der Waals surface area contributed by atoms with Crippen LogP contribution in [0, 0.1) is 5.92 Å². The lowest BCUT2D eigenvalue weighted by atomic mass is 9.99. The third-order valence-corrected chi connectivity index (χ3v) is 4.13. The van der Waals surface area contributed by atoms with E-state index in [1.54, 1.807) is 6.07 Å². The van der Waals surface area contributed by atoms with Gasteiger partial charge in [0.2, 0.25) is 0 Å². The Bertz CT molecular complexity index is 817. The van der Waals surface area contributed by atoms with Crippen LogP contribution in [0.25, 0.3) is 6.08 Å². The maximum atomic E-state index is 12.1. The SMILES string of the molecule is C/C=C/c1ccc(OCC(=O)NCC(Cc2ccccc2)C(=O)O)c(OC)c1. The molecule has 2 aromatic rings. The van der Waals surface area contributed by atoms with Crippen LogP contribution in [0.1, 0.15) is 18.1 Å². The first-order chi connectivity index (χ1) is 13.5. The molecule has 0 heterocycles. The van der Waals surface area contributed by atoms with Gasteiger partial charge < -0.3 is 19.9 Å². The van der Waals surface area contributed by atoms with Crippen molar-refractivity contribution >= 4 is 18.0 Å². The summed E-state index contributed by atoms with van der Waals surface area (Å²) in [6, 6.07) is 14.7. The van der Waals surface area contributed by atoms with Gasteiger partial charge in [0.15, 0.2) is 18.1 Å². The molecule has 0 aromatic heterocycles. The highest BCUT2D eigenvalue weighted by Gasteiger charge is 2.19. The van der Waals surface area contributed by atoms with Gasteiger partial charge in [0, 0.05) is 6.54 Å². The number of carbonyl (C=O) groups excluding carboxylic acids is 1. The number of carbonyl (C=O) groups is 2. The van der Waals surface area contributed by atoms with Crippen LogP contribution in [0.2, 0.25) is 0 Å². The maximum Gasteiger partial charge on any atom is 0.308 e. The Kier molecular flexibility index (Phi) is 8.09. The van der Waals surface area contributed by atoms with E-state index in [-0.39, 0.29) is 19.1 Å². The zero-order chi connectivity index (χ0) is 20.4. The van der Waals surface area contributed by atoms with Crippen molar-refractivity contribution in [3.8, 4) is 11.5 Å². The van der Waals surface area contributed by atoms with Gasteiger partial charge in [-0.2, -0.15) is 0 Å². The minimum absolute atomic E-state index is 0.0315. The number of amides is 1. The Morgan fingerprint density at radius 2 is 1.89 bits per heavy atom. The molecule has 28 heavy (non-hydrogen) atoms. The van der Waals surface area contributed by atoms with Crippen molar-refractivity contribution in [3.05, 3.63) is 65.7 Å². The van der Waals surface area contributed by atoms with E-state index in [4.69, 9.17) is 9.47 Å². The number of carboxylic acids is 1. The first kappa shape index (κ1) is 21.0. The molecule has 148 valence electrons. The molecular formula is C22H25NO5. The molecule has 0 bridgehead atoms. The van der Waals surface area contributed by atoms with E-state index in [0.29, 0.717) is 17.9 Å². The standard InChI is InChI=1S/C22H25NO5/c1-3-7-16-10-11-19(20(13-16)27-2)28-15-21(24)23-14-18(22(25)26)12-17-8-5-4-6-9-17/h3-11,13,18H,12,14-15H2,1-2H3,(H,23,24)(H,25,26)/b7-3+. The summed E-state index contributed by atoms with van der Waals surface area (Å²) in [7, 11) is 1.53. The van der Waals surface area contributed by atoms with Crippen LogP contribution >= 0.6 is 0 Å². The number of hydrogen-bond acceptors (Lipinski definition) is 4. The molecule has 1 atom stereocenters. The predicted octanol–water partition coefficient (Wildman–Crippen LogP) is 3.17. The average Bonchev–Trinajstić information content (AvgIpc) is 2.70. The molecule has 1 amide bonds. The lowest BCUT2D eigenvalue weighted by molar-refractivity contribution is -0.141. The van der Waals surface area contributed by atoms with Gasteiger partial charge in [0.25, 0.3) is 5.91 Å². The molecule has 2 aromatic carbocycles. The van der Waals surface area contributed by atoms with Gasteiger partial charge in [-0.15, -0.1) is 0 Å². The third kappa shape index (κ3) is 6.46. The quantitative estimate of drug-likeness (QED) is 0.658. The zero-order valence-electron chi connectivity index (χ0n) is 16.1. The molecule has 0 saturated heterocycles. The molecule has 1 unspecified atom stereocenters. The summed E-state index contributed by atoms with van der Waals surface area (Å²) in [5, 5.41) is 12.0. The molecule has 2 N–H and O–H groups in total. The number of ether oxygens (including phenoxy) is 2. The number of methoxy groups -OCH3 is 1. The molecule has 0 spiro atoms. The summed E-state index contributed by atoms with van der Waals surface area (Å²) >= 11 is 0. The highest BCUT2D eigenvalue weighted by molar-refractivity contribution is 5.79. The zero-order valence-corrected chi connectivity index (χ0v) is 16.1. The molecule has 0 saturated carbocycles. The smallest absolute Gasteiger partial charge is 0.308 e. The minimum atomic E-state index is -0.952. The average molecular weight is 383 g/mol. The van der Waals surface area contributed by atoms with E-state index in [1.165, 1.54) is 7.11 Å². The van der Waals surface area contributed by atoms with Gasteiger partial charge in [-0.3, -0.25) is 9.59 Å². The molecule has 0 aliphatic rings. The fourth-order valence-corrected chi connectivity index (χ4v) is 2.68. The number of aliphatic carboxylic acids is 1. The monoisotopic (exact) mass is 383 g/mol. The van der Waals surface area contributed by atoms with Crippen LogP contribution in [-0.4, -0.2) is 37.2 Å². The van der Waals surface area contributed by atoms with Gasteiger partial charge in [-0.1, -0.05) is 48.6 Å². The maximum absolute atomic E-state index is 12.1. The van der Waals surface area contributed by atoms with Gasteiger partial charge in [-0.25, -0.2) is 0 Å². The lowest BCUT2D eigenvalue weighted by Gasteiger charge is -2.15. The van der Waals surface area contributed by atoms with Crippen molar-refractivity contribution in [2.24, 2.45) is 5.92 Å². The Morgan fingerprint density at radius 3 is 2.54 bits per heavy atom. The molecule has 2 rings (SSSR count). The summed E-state index contributed by atoms with van der Waals surface area (Å²) < 4.78 is 10.8. The fraction of sp³-hybridized carbons (Fsp3) is 0.273. The summed E-state index contributed by atoms with van der Waals surface area (Å²) in [6.07, 6.45) is 4.19. The van der Waals surface area contributed by atoms with Crippen molar-refractivity contribution in [1.29, 1.82) is 0 Å². The molecule has 0 radical (unpaired) electrons. The van der Waals surface area contributed by atoms with E-state index in [1.807, 2.05) is 61.5 Å². The number of benzene rings is 2. The second-order valence-corrected chi connectivity index (χ2v) is 6.23. The molecular weight excluding hydrogens is 358 g/mol. The Balaban J connectivity index is 1.88. The number of nitrogens with one attached hydrogen (secondary N) is 1. The van der Waals surface area contributed by atoms with Gasteiger partial charge >= 0.3 is 5.97 Å². The second kappa shape index (κ2) is 10.8.